The number of benzene rings is 1. The van der Waals surface area contributed by atoms with Gasteiger partial charge in [0.15, 0.2) is 11.5 Å². The molecular formula is C19H21BrO5. The van der Waals surface area contributed by atoms with Crippen molar-refractivity contribution < 1.29 is 23.8 Å². The molecule has 1 heterocycles. The fourth-order valence-electron chi connectivity index (χ4n) is 4.16. The molecule has 1 aliphatic heterocycles. The monoisotopic (exact) mass is 408 g/mol. The Kier molecular flexibility index (Phi) is 4.71. The first-order valence-electron chi connectivity index (χ1n) is 8.90. The van der Waals surface area contributed by atoms with E-state index in [1.165, 1.54) is 0 Å². The molecule has 134 valence electrons. The summed E-state index contributed by atoms with van der Waals surface area (Å²) in [6, 6.07) is 3.70. The van der Waals surface area contributed by atoms with Gasteiger partial charge in [0, 0.05) is 21.9 Å². The van der Waals surface area contributed by atoms with Gasteiger partial charge in [-0.05, 0) is 37.8 Å². The summed E-state index contributed by atoms with van der Waals surface area (Å²) in [4.78, 5) is 24.7. The van der Waals surface area contributed by atoms with Gasteiger partial charge in [-0.25, -0.2) is 0 Å². The molecule has 0 aromatic heterocycles. The average molecular weight is 409 g/mol. The van der Waals surface area contributed by atoms with Gasteiger partial charge < -0.3 is 14.2 Å². The number of ketones is 1. The third kappa shape index (κ3) is 3.41. The Hall–Kier alpha value is -1.56. The van der Waals surface area contributed by atoms with Gasteiger partial charge in [0.05, 0.1) is 5.92 Å². The molecule has 2 saturated carbocycles. The zero-order chi connectivity index (χ0) is 17.4. The van der Waals surface area contributed by atoms with Crippen LogP contribution in [0.4, 0.5) is 0 Å². The maximum atomic E-state index is 12.5. The topological polar surface area (TPSA) is 61.8 Å². The van der Waals surface area contributed by atoms with Crippen LogP contribution < -0.4 is 9.47 Å². The summed E-state index contributed by atoms with van der Waals surface area (Å²) in [7, 11) is 0. The zero-order valence-corrected chi connectivity index (χ0v) is 15.5. The number of halogens is 1. The number of rotatable bonds is 3. The third-order valence-electron chi connectivity index (χ3n) is 5.46. The highest BCUT2D eigenvalue weighted by atomic mass is 79.9. The van der Waals surface area contributed by atoms with E-state index in [0.29, 0.717) is 43.3 Å². The number of fused-ring (bicyclic) bond motifs is 3. The molecule has 6 heteroatoms. The zero-order valence-electron chi connectivity index (χ0n) is 14.0. The highest BCUT2D eigenvalue weighted by Gasteiger charge is 2.41. The average Bonchev–Trinajstić information content (AvgIpc) is 2.59. The molecule has 0 spiro atoms. The first kappa shape index (κ1) is 16.9. The second-order valence-corrected chi connectivity index (χ2v) is 7.94. The molecule has 0 amide bonds. The van der Waals surface area contributed by atoms with E-state index in [0.717, 1.165) is 29.3 Å². The van der Waals surface area contributed by atoms with Crippen molar-refractivity contribution in [2.75, 3.05) is 13.2 Å². The van der Waals surface area contributed by atoms with E-state index in [1.807, 2.05) is 12.1 Å². The normalized spacial score (nSPS) is 27.7. The van der Waals surface area contributed by atoms with Crippen molar-refractivity contribution >= 4 is 27.7 Å². The van der Waals surface area contributed by atoms with Crippen LogP contribution in [0.25, 0.3) is 0 Å². The summed E-state index contributed by atoms with van der Waals surface area (Å²) >= 11 is 3.50. The molecule has 2 atom stereocenters. The summed E-state index contributed by atoms with van der Waals surface area (Å²) < 4.78 is 17.5. The SMILES string of the molecule is O=C(OCc1cc2c(cc1Br)OCCO2)C1CC2CCCC(C1)C2=O. The molecule has 0 N–H and O–H groups in total. The minimum absolute atomic E-state index is 0.0612. The molecule has 2 fully saturated rings. The fourth-order valence-corrected chi connectivity index (χ4v) is 4.59. The highest BCUT2D eigenvalue weighted by Crippen LogP contribution is 2.41. The van der Waals surface area contributed by atoms with Crippen LogP contribution in [0.5, 0.6) is 11.5 Å². The Balaban J connectivity index is 1.40. The van der Waals surface area contributed by atoms with Gasteiger partial charge in [0.1, 0.15) is 25.6 Å². The summed E-state index contributed by atoms with van der Waals surface area (Å²) in [5.41, 5.74) is 0.852. The van der Waals surface area contributed by atoms with Crippen molar-refractivity contribution in [1.82, 2.24) is 0 Å². The van der Waals surface area contributed by atoms with Crippen LogP contribution in [0.3, 0.4) is 0 Å². The molecule has 2 unspecified atom stereocenters. The van der Waals surface area contributed by atoms with Crippen molar-refractivity contribution in [3.63, 3.8) is 0 Å². The number of Topliss-reactive ketones (excluding diaryl/α,β-unsaturated/α-hetero) is 1. The van der Waals surface area contributed by atoms with Crippen LogP contribution >= 0.6 is 15.9 Å². The maximum absolute atomic E-state index is 12.5. The predicted molar refractivity (Wildman–Crippen MR) is 93.5 cm³/mol. The standard InChI is InChI=1S/C19H21BrO5/c20-15-9-17-16(23-4-5-24-17)8-14(15)10-25-19(22)13-6-11-2-1-3-12(7-13)18(11)21/h8-9,11-13H,1-7,10H2. The van der Waals surface area contributed by atoms with Gasteiger partial charge in [-0.2, -0.15) is 0 Å². The number of ether oxygens (including phenoxy) is 3. The Morgan fingerprint density at radius 3 is 2.44 bits per heavy atom. The van der Waals surface area contributed by atoms with Gasteiger partial charge in [-0.3, -0.25) is 9.59 Å². The van der Waals surface area contributed by atoms with Gasteiger partial charge in [0.25, 0.3) is 0 Å². The first-order valence-corrected chi connectivity index (χ1v) is 9.69. The lowest BCUT2D eigenvalue weighted by molar-refractivity contribution is -0.154. The first-order chi connectivity index (χ1) is 12.1. The van der Waals surface area contributed by atoms with Crippen LogP contribution in [0.1, 0.15) is 37.7 Å². The van der Waals surface area contributed by atoms with Crippen LogP contribution in [0, 0.1) is 17.8 Å². The smallest absolute Gasteiger partial charge is 0.309 e. The van der Waals surface area contributed by atoms with E-state index < -0.39 is 0 Å². The number of carbonyl (C=O) groups is 2. The summed E-state index contributed by atoms with van der Waals surface area (Å²) in [5.74, 6) is 1.53. The molecule has 25 heavy (non-hydrogen) atoms. The van der Waals surface area contributed by atoms with E-state index in [2.05, 4.69) is 15.9 Å². The van der Waals surface area contributed by atoms with E-state index in [1.54, 1.807) is 0 Å². The maximum Gasteiger partial charge on any atom is 0.309 e. The Bertz CT molecular complexity index is 685. The predicted octanol–water partition coefficient (Wildman–Crippen LogP) is 3.66. The van der Waals surface area contributed by atoms with Crippen molar-refractivity contribution in [2.24, 2.45) is 17.8 Å². The van der Waals surface area contributed by atoms with Crippen molar-refractivity contribution in [2.45, 2.75) is 38.7 Å². The number of hydrogen-bond donors (Lipinski definition) is 0. The van der Waals surface area contributed by atoms with E-state index in [-0.39, 0.29) is 30.3 Å². The third-order valence-corrected chi connectivity index (χ3v) is 6.20. The largest absolute Gasteiger partial charge is 0.486 e. The number of carbonyl (C=O) groups excluding carboxylic acids is 2. The Morgan fingerprint density at radius 1 is 1.12 bits per heavy atom. The van der Waals surface area contributed by atoms with Gasteiger partial charge in [0.2, 0.25) is 0 Å². The number of esters is 1. The van der Waals surface area contributed by atoms with Gasteiger partial charge >= 0.3 is 5.97 Å². The van der Waals surface area contributed by atoms with Crippen LogP contribution in [0.2, 0.25) is 0 Å². The quantitative estimate of drug-likeness (QED) is 0.714. The van der Waals surface area contributed by atoms with E-state index in [4.69, 9.17) is 14.2 Å². The van der Waals surface area contributed by atoms with Crippen molar-refractivity contribution in [3.05, 3.63) is 22.2 Å². The molecule has 1 aromatic carbocycles. The van der Waals surface area contributed by atoms with Crippen LogP contribution in [0.15, 0.2) is 16.6 Å². The minimum atomic E-state index is -0.189. The summed E-state index contributed by atoms with van der Waals surface area (Å²) in [6.07, 6.45) is 4.25. The minimum Gasteiger partial charge on any atom is -0.486 e. The van der Waals surface area contributed by atoms with E-state index in [9.17, 15) is 9.59 Å². The Morgan fingerprint density at radius 2 is 1.76 bits per heavy atom. The molecule has 2 bridgehead atoms. The molecule has 3 aliphatic rings. The molecular weight excluding hydrogens is 388 g/mol. The van der Waals surface area contributed by atoms with E-state index >= 15 is 0 Å². The fraction of sp³-hybridized carbons (Fsp3) is 0.579. The molecule has 5 nitrogen and oxygen atoms in total. The summed E-state index contributed by atoms with van der Waals surface area (Å²) in [5, 5.41) is 0. The lowest BCUT2D eigenvalue weighted by Crippen LogP contribution is -2.39. The second-order valence-electron chi connectivity index (χ2n) is 7.09. The molecule has 2 aliphatic carbocycles. The molecule has 0 radical (unpaired) electrons. The van der Waals surface area contributed by atoms with Crippen molar-refractivity contribution in [1.29, 1.82) is 0 Å². The Labute approximate surface area is 155 Å². The molecule has 4 rings (SSSR count). The van der Waals surface area contributed by atoms with Gasteiger partial charge in [-0.15, -0.1) is 0 Å². The van der Waals surface area contributed by atoms with Gasteiger partial charge in [-0.1, -0.05) is 22.4 Å². The molecule has 1 aromatic rings. The lowest BCUT2D eigenvalue weighted by atomic mass is 9.67. The van der Waals surface area contributed by atoms with Crippen LogP contribution in [-0.4, -0.2) is 25.0 Å². The highest BCUT2D eigenvalue weighted by molar-refractivity contribution is 9.10. The number of hydrogen-bond acceptors (Lipinski definition) is 5. The van der Waals surface area contributed by atoms with Crippen molar-refractivity contribution in [3.8, 4) is 11.5 Å². The van der Waals surface area contributed by atoms with Crippen LogP contribution in [-0.2, 0) is 20.9 Å². The second kappa shape index (κ2) is 6.98. The summed E-state index contributed by atoms with van der Waals surface area (Å²) in [6.45, 7) is 1.25. The molecule has 0 saturated heterocycles. The lowest BCUT2D eigenvalue weighted by Gasteiger charge is -2.36.